The first kappa shape index (κ1) is 30.4. The molecule has 0 bridgehead atoms. The minimum Gasteiger partial charge on any atom is -0.462 e. The second-order valence-electron chi connectivity index (χ2n) is 12.2. The maximum atomic E-state index is 13.1. The number of benzene rings is 2. The molecule has 2 fully saturated rings. The van der Waals surface area contributed by atoms with Crippen molar-refractivity contribution in [3.05, 3.63) is 65.4 Å². The topological polar surface area (TPSA) is 88.8 Å². The summed E-state index contributed by atoms with van der Waals surface area (Å²) in [6, 6.07) is 15.8. The minimum absolute atomic E-state index is 0.0998. The number of halogens is 1. The number of hydrogen-bond donors (Lipinski definition) is 0. The summed E-state index contributed by atoms with van der Waals surface area (Å²) in [4.78, 5) is 31.9. The maximum absolute atomic E-state index is 13.1. The number of anilines is 2. The fourth-order valence-corrected chi connectivity index (χ4v) is 7.15. The maximum Gasteiger partial charge on any atom is 0.318 e. The van der Waals surface area contributed by atoms with E-state index in [4.69, 9.17) is 14.7 Å². The second-order valence-corrected chi connectivity index (χ2v) is 12.7. The summed E-state index contributed by atoms with van der Waals surface area (Å²) in [5.41, 5.74) is 5.08. The number of carbonyl (C=O) groups is 1. The molecule has 6 rings (SSSR count). The van der Waals surface area contributed by atoms with Crippen LogP contribution in [0.2, 0.25) is 0 Å². The van der Waals surface area contributed by atoms with E-state index in [0.717, 1.165) is 43.0 Å². The molecule has 0 radical (unpaired) electrons. The molecule has 0 unspecified atom stereocenters. The molecule has 44 heavy (non-hydrogen) atoms. The molecule has 3 aliphatic heterocycles. The number of fused-ring (bicyclic) bond motifs is 2. The number of piperazine rings is 1. The highest BCUT2D eigenvalue weighted by Gasteiger charge is 2.35. The second kappa shape index (κ2) is 13.1. The zero-order chi connectivity index (χ0) is 30.8. The van der Waals surface area contributed by atoms with Crippen LogP contribution in [0.4, 0.5) is 11.5 Å². The zero-order valence-electron chi connectivity index (χ0n) is 25.6. The summed E-state index contributed by atoms with van der Waals surface area (Å²) in [7, 11) is 2.14. The van der Waals surface area contributed by atoms with Gasteiger partial charge >= 0.3 is 6.01 Å². The molecule has 4 heterocycles. The number of alkyl halides is 1. The van der Waals surface area contributed by atoms with Crippen molar-refractivity contribution in [3.8, 4) is 12.1 Å². The molecule has 0 saturated carbocycles. The lowest BCUT2D eigenvalue weighted by molar-refractivity contribution is -0.129. The number of aromatic nitrogens is 2. The first-order valence-electron chi connectivity index (χ1n) is 15.5. The number of likely N-dealkylation sites (N-methyl/N-ethyl adjacent to an activating group) is 1. The van der Waals surface area contributed by atoms with Crippen molar-refractivity contribution in [2.24, 2.45) is 0 Å². The Labute approximate surface area is 268 Å². The van der Waals surface area contributed by atoms with Crippen LogP contribution in [0, 0.1) is 18.3 Å². The van der Waals surface area contributed by atoms with Gasteiger partial charge in [0.05, 0.1) is 30.8 Å². The Morgan fingerprint density at radius 1 is 1.11 bits per heavy atom. The van der Waals surface area contributed by atoms with Gasteiger partial charge < -0.3 is 24.3 Å². The monoisotopic (exact) mass is 657 g/mol. The number of rotatable bonds is 8. The lowest BCUT2D eigenvalue weighted by atomic mass is 9.99. The van der Waals surface area contributed by atoms with Crippen LogP contribution in [0.1, 0.15) is 36.1 Å². The molecule has 1 aromatic heterocycles. The number of likely N-dealkylation sites (tertiary alicyclic amines) is 1. The molecule has 0 spiro atoms. The van der Waals surface area contributed by atoms with E-state index in [-0.39, 0.29) is 18.4 Å². The molecule has 3 aromatic rings. The van der Waals surface area contributed by atoms with Crippen LogP contribution in [0.5, 0.6) is 6.01 Å². The third kappa shape index (κ3) is 6.00. The van der Waals surface area contributed by atoms with Gasteiger partial charge in [0.2, 0.25) is 5.91 Å². The van der Waals surface area contributed by atoms with E-state index >= 15 is 0 Å². The first-order valence-corrected chi connectivity index (χ1v) is 16.6. The van der Waals surface area contributed by atoms with Gasteiger partial charge in [-0.05, 0) is 56.8 Å². The Kier molecular flexibility index (Phi) is 9.06. The summed E-state index contributed by atoms with van der Waals surface area (Å²) in [6.07, 6.45) is 3.32. The van der Waals surface area contributed by atoms with Crippen LogP contribution in [0.3, 0.4) is 0 Å². The van der Waals surface area contributed by atoms with Gasteiger partial charge in [0.1, 0.15) is 12.4 Å². The highest BCUT2D eigenvalue weighted by atomic mass is 79.9. The number of nitriles is 1. The van der Waals surface area contributed by atoms with E-state index in [0.29, 0.717) is 55.7 Å². The van der Waals surface area contributed by atoms with Gasteiger partial charge in [0.25, 0.3) is 0 Å². The largest absolute Gasteiger partial charge is 0.462 e. The van der Waals surface area contributed by atoms with Gasteiger partial charge in [-0.1, -0.05) is 52.8 Å². The quantitative estimate of drug-likeness (QED) is 0.251. The van der Waals surface area contributed by atoms with E-state index in [1.165, 1.54) is 28.4 Å². The molecule has 230 valence electrons. The van der Waals surface area contributed by atoms with E-state index in [2.05, 4.69) is 93.6 Å². The van der Waals surface area contributed by atoms with E-state index in [1.54, 1.807) is 4.90 Å². The Hall–Kier alpha value is -3.68. The number of amides is 1. The van der Waals surface area contributed by atoms with Gasteiger partial charge in [0.15, 0.2) is 0 Å². The van der Waals surface area contributed by atoms with Crippen LogP contribution in [-0.2, 0) is 17.8 Å². The fraction of sp³-hybridized carbons (Fsp3) is 0.471. The number of hydrogen-bond acceptors (Lipinski definition) is 8. The van der Waals surface area contributed by atoms with Gasteiger partial charge in [-0.25, -0.2) is 0 Å². The summed E-state index contributed by atoms with van der Waals surface area (Å²) in [5.74, 6) is 0.769. The average molecular weight is 659 g/mol. The fourth-order valence-electron chi connectivity index (χ4n) is 6.91. The van der Waals surface area contributed by atoms with E-state index in [9.17, 15) is 10.1 Å². The van der Waals surface area contributed by atoms with Crippen molar-refractivity contribution >= 4 is 44.1 Å². The number of nitrogens with zero attached hydrogens (tertiary/aromatic N) is 7. The van der Waals surface area contributed by atoms with Gasteiger partial charge in [-0.2, -0.15) is 15.2 Å². The van der Waals surface area contributed by atoms with Crippen LogP contribution < -0.4 is 14.5 Å². The smallest absolute Gasteiger partial charge is 0.318 e. The van der Waals surface area contributed by atoms with Crippen molar-refractivity contribution in [3.63, 3.8) is 0 Å². The SMILES string of the molecule is C=C(CBr)C(=O)N1CCN(c2nc(OC[C@@H]3CCCN3C)nc3c2CCN(c2cccc4cccc(C)c24)C3)C[C@@H]1CC#N. The zero-order valence-corrected chi connectivity index (χ0v) is 27.2. The Morgan fingerprint density at radius 3 is 2.68 bits per heavy atom. The Morgan fingerprint density at radius 2 is 1.93 bits per heavy atom. The molecule has 0 aliphatic carbocycles. The third-order valence-electron chi connectivity index (χ3n) is 9.36. The van der Waals surface area contributed by atoms with E-state index < -0.39 is 0 Å². The molecule has 9 nitrogen and oxygen atoms in total. The first-order chi connectivity index (χ1) is 21.4. The number of aryl methyl sites for hydroxylation is 1. The Balaban J connectivity index is 1.33. The Bertz CT molecular complexity index is 1600. The molecule has 1 amide bonds. The number of ether oxygens (including phenoxy) is 1. The normalized spacial score (nSPS) is 20.5. The molecule has 10 heteroatoms. The van der Waals surface area contributed by atoms with Crippen molar-refractivity contribution < 1.29 is 9.53 Å². The summed E-state index contributed by atoms with van der Waals surface area (Å²) >= 11 is 3.36. The van der Waals surface area contributed by atoms with E-state index in [1.807, 2.05) is 0 Å². The summed E-state index contributed by atoms with van der Waals surface area (Å²) in [6.45, 7) is 10.9. The predicted molar refractivity (Wildman–Crippen MR) is 177 cm³/mol. The average Bonchev–Trinajstić information content (AvgIpc) is 3.46. The van der Waals surface area contributed by atoms with Crippen molar-refractivity contribution in [2.45, 2.75) is 51.2 Å². The molecule has 2 atom stereocenters. The molecule has 3 aliphatic rings. The minimum atomic E-state index is -0.252. The molecule has 2 saturated heterocycles. The molecular weight excluding hydrogens is 618 g/mol. The summed E-state index contributed by atoms with van der Waals surface area (Å²) in [5, 5.41) is 12.6. The van der Waals surface area contributed by atoms with Crippen LogP contribution >= 0.6 is 15.9 Å². The standard InChI is InChI=1S/C34H40BrN7O2/c1-23-7-4-8-25-9-5-11-30(31(23)25)40-16-13-28-29(21-40)37-34(44-22-27-10-6-15-39(27)3)38-32(28)41-17-18-42(26(20-41)12-14-36)33(43)24(2)19-35/h4-5,7-9,11,26-27H,2,6,10,12-13,15-22H2,1,3H3/t26-,27-/m0/s1. The lowest BCUT2D eigenvalue weighted by Crippen LogP contribution is -2.56. The van der Waals surface area contributed by atoms with Crippen molar-refractivity contribution in [2.75, 3.05) is 61.5 Å². The van der Waals surface area contributed by atoms with Crippen molar-refractivity contribution in [1.29, 1.82) is 5.26 Å². The number of carbonyl (C=O) groups excluding carboxylic acids is 1. The highest BCUT2D eigenvalue weighted by molar-refractivity contribution is 9.09. The van der Waals surface area contributed by atoms with Crippen LogP contribution in [0.25, 0.3) is 10.8 Å². The highest BCUT2D eigenvalue weighted by Crippen LogP contribution is 2.36. The lowest BCUT2D eigenvalue weighted by Gasteiger charge is -2.42. The molecular formula is C34H40BrN7O2. The van der Waals surface area contributed by atoms with Gasteiger partial charge in [0, 0.05) is 59.8 Å². The van der Waals surface area contributed by atoms with Gasteiger partial charge in [-0.3, -0.25) is 4.79 Å². The van der Waals surface area contributed by atoms with Crippen LogP contribution in [0.15, 0.2) is 48.6 Å². The predicted octanol–water partition coefficient (Wildman–Crippen LogP) is 4.86. The van der Waals surface area contributed by atoms with Crippen molar-refractivity contribution in [1.82, 2.24) is 19.8 Å². The molecule has 2 aromatic carbocycles. The molecule has 0 N–H and O–H groups in total. The van der Waals surface area contributed by atoms with Crippen LogP contribution in [-0.4, -0.2) is 89.5 Å². The van der Waals surface area contributed by atoms with Gasteiger partial charge in [-0.15, -0.1) is 0 Å². The third-order valence-corrected chi connectivity index (χ3v) is 10.0. The summed E-state index contributed by atoms with van der Waals surface area (Å²) < 4.78 is 6.33.